The van der Waals surface area contributed by atoms with Gasteiger partial charge >= 0.3 is 5.97 Å². The third-order valence-electron chi connectivity index (χ3n) is 3.76. The van der Waals surface area contributed by atoms with E-state index < -0.39 is 0 Å². The van der Waals surface area contributed by atoms with Crippen LogP contribution in [0.15, 0.2) is 35.5 Å². The van der Waals surface area contributed by atoms with Crippen LogP contribution in [0.25, 0.3) is 0 Å². The van der Waals surface area contributed by atoms with Crippen molar-refractivity contribution < 1.29 is 19.5 Å². The monoisotopic (exact) mass is 320 g/mol. The molecule has 0 saturated carbocycles. The Kier molecular flexibility index (Phi) is 6.87. The van der Waals surface area contributed by atoms with E-state index in [1.807, 2.05) is 18.2 Å². The van der Waals surface area contributed by atoms with E-state index in [0.717, 1.165) is 13.1 Å². The number of oxime groups is 1. The number of hydrogen-bond donors (Lipinski definition) is 1. The first kappa shape index (κ1) is 17.3. The van der Waals surface area contributed by atoms with E-state index in [9.17, 15) is 4.79 Å². The summed E-state index contributed by atoms with van der Waals surface area (Å²) in [6.45, 7) is 4.20. The first-order chi connectivity index (χ1) is 11.2. The summed E-state index contributed by atoms with van der Waals surface area (Å²) in [7, 11) is 0. The summed E-state index contributed by atoms with van der Waals surface area (Å²) in [5.74, 6) is -0.209. The summed E-state index contributed by atoms with van der Waals surface area (Å²) >= 11 is 0. The van der Waals surface area contributed by atoms with Gasteiger partial charge in [-0.15, -0.1) is 0 Å². The van der Waals surface area contributed by atoms with Crippen molar-refractivity contribution in [2.24, 2.45) is 5.16 Å². The van der Waals surface area contributed by atoms with Gasteiger partial charge in [0.15, 0.2) is 0 Å². The topological polar surface area (TPSA) is 71.4 Å². The molecule has 0 amide bonds. The molecule has 1 atom stereocenters. The number of piperidine rings is 1. The summed E-state index contributed by atoms with van der Waals surface area (Å²) < 4.78 is 10.9. The van der Waals surface area contributed by atoms with Gasteiger partial charge in [-0.25, -0.2) is 0 Å². The van der Waals surface area contributed by atoms with Gasteiger partial charge in [0.05, 0.1) is 0 Å². The van der Waals surface area contributed by atoms with E-state index in [1.54, 1.807) is 12.1 Å². The Morgan fingerprint density at radius 3 is 2.57 bits per heavy atom. The predicted molar refractivity (Wildman–Crippen MR) is 86.6 cm³/mol. The molecule has 1 aromatic carbocycles. The lowest BCUT2D eigenvalue weighted by molar-refractivity contribution is -0.149. The molecule has 126 valence electrons. The Bertz CT molecular complexity index is 513. The molecule has 0 bridgehead atoms. The van der Waals surface area contributed by atoms with E-state index in [-0.39, 0.29) is 24.6 Å². The molecule has 2 rings (SSSR count). The number of benzene rings is 1. The third kappa shape index (κ3) is 5.90. The standard InChI is InChI=1S/C17H24N2O4/c1-14(20)23-16(12-19-10-6-3-7-11-19)13-22-17(18-21)15-8-4-2-5-9-15/h2,4-5,8-9,16,21H,3,6-7,10-13H2,1H3. The number of likely N-dealkylation sites (tertiary alicyclic amines) is 1. The fourth-order valence-corrected chi connectivity index (χ4v) is 2.71. The van der Waals surface area contributed by atoms with Crippen LogP contribution < -0.4 is 0 Å². The van der Waals surface area contributed by atoms with Gasteiger partial charge in [-0.2, -0.15) is 0 Å². The molecule has 1 saturated heterocycles. The Hall–Kier alpha value is -2.08. The second-order valence-corrected chi connectivity index (χ2v) is 5.67. The van der Waals surface area contributed by atoms with Crippen molar-refractivity contribution in [3.63, 3.8) is 0 Å². The van der Waals surface area contributed by atoms with Gasteiger partial charge in [-0.1, -0.05) is 24.6 Å². The Morgan fingerprint density at radius 2 is 1.96 bits per heavy atom. The number of nitrogens with zero attached hydrogens (tertiary/aromatic N) is 2. The lowest BCUT2D eigenvalue weighted by Crippen LogP contribution is -2.40. The molecule has 1 unspecified atom stereocenters. The zero-order chi connectivity index (χ0) is 16.5. The average molecular weight is 320 g/mol. The minimum Gasteiger partial charge on any atom is -0.471 e. The number of rotatable bonds is 6. The van der Waals surface area contributed by atoms with E-state index in [4.69, 9.17) is 14.7 Å². The molecule has 0 aliphatic carbocycles. The SMILES string of the molecule is CC(=O)OC(COC(=NO)c1ccccc1)CN1CCCCC1. The van der Waals surface area contributed by atoms with Crippen LogP contribution in [0.5, 0.6) is 0 Å². The molecule has 1 aliphatic heterocycles. The van der Waals surface area contributed by atoms with Gasteiger partial charge in [-0.3, -0.25) is 9.69 Å². The summed E-state index contributed by atoms with van der Waals surface area (Å²) in [5.41, 5.74) is 0.676. The maximum Gasteiger partial charge on any atom is 0.303 e. The highest BCUT2D eigenvalue weighted by Crippen LogP contribution is 2.11. The normalized spacial score (nSPS) is 17.5. The Morgan fingerprint density at radius 1 is 1.26 bits per heavy atom. The quantitative estimate of drug-likeness (QED) is 0.286. The largest absolute Gasteiger partial charge is 0.471 e. The number of hydrogen-bond acceptors (Lipinski definition) is 6. The molecule has 6 heteroatoms. The fraction of sp³-hybridized carbons (Fsp3) is 0.529. The van der Waals surface area contributed by atoms with Gasteiger partial charge in [0, 0.05) is 19.0 Å². The predicted octanol–water partition coefficient (Wildman–Crippen LogP) is 2.26. The van der Waals surface area contributed by atoms with Gasteiger partial charge in [-0.05, 0) is 43.2 Å². The van der Waals surface area contributed by atoms with E-state index in [1.165, 1.54) is 26.2 Å². The second kappa shape index (κ2) is 9.15. The number of carbonyl (C=O) groups excluding carboxylic acids is 1. The van der Waals surface area contributed by atoms with Gasteiger partial charge in [0.25, 0.3) is 5.90 Å². The number of esters is 1. The van der Waals surface area contributed by atoms with Crippen molar-refractivity contribution >= 4 is 11.9 Å². The second-order valence-electron chi connectivity index (χ2n) is 5.67. The van der Waals surface area contributed by atoms with Crippen LogP contribution in [-0.2, 0) is 14.3 Å². The van der Waals surface area contributed by atoms with E-state index in [0.29, 0.717) is 12.1 Å². The van der Waals surface area contributed by atoms with Crippen molar-refractivity contribution in [3.8, 4) is 0 Å². The van der Waals surface area contributed by atoms with Gasteiger partial charge in [0.1, 0.15) is 12.7 Å². The van der Waals surface area contributed by atoms with Crippen LogP contribution in [0.2, 0.25) is 0 Å². The average Bonchev–Trinajstić information content (AvgIpc) is 2.56. The molecule has 1 heterocycles. The molecule has 0 radical (unpaired) electrons. The Labute approximate surface area is 136 Å². The highest BCUT2D eigenvalue weighted by Gasteiger charge is 2.20. The Balaban J connectivity index is 1.92. The van der Waals surface area contributed by atoms with Crippen molar-refractivity contribution in [3.05, 3.63) is 35.9 Å². The molecular formula is C17H24N2O4. The first-order valence-electron chi connectivity index (χ1n) is 7.99. The van der Waals surface area contributed by atoms with Crippen molar-refractivity contribution in [2.45, 2.75) is 32.3 Å². The van der Waals surface area contributed by atoms with Gasteiger partial charge < -0.3 is 14.7 Å². The zero-order valence-electron chi connectivity index (χ0n) is 13.5. The van der Waals surface area contributed by atoms with Crippen molar-refractivity contribution in [1.29, 1.82) is 0 Å². The molecule has 1 aliphatic rings. The minimum atomic E-state index is -0.383. The summed E-state index contributed by atoms with van der Waals surface area (Å²) in [6.07, 6.45) is 3.20. The zero-order valence-corrected chi connectivity index (χ0v) is 13.5. The van der Waals surface area contributed by atoms with Gasteiger partial charge in [0.2, 0.25) is 0 Å². The highest BCUT2D eigenvalue weighted by atomic mass is 16.6. The summed E-state index contributed by atoms with van der Waals surface area (Å²) in [4.78, 5) is 13.6. The molecule has 6 nitrogen and oxygen atoms in total. The molecule has 1 aromatic rings. The first-order valence-corrected chi connectivity index (χ1v) is 7.99. The summed E-state index contributed by atoms with van der Waals surface area (Å²) in [6, 6.07) is 9.12. The minimum absolute atomic E-state index is 0.126. The lowest BCUT2D eigenvalue weighted by Gasteiger charge is -2.30. The number of ether oxygens (including phenoxy) is 2. The molecule has 1 fully saturated rings. The third-order valence-corrected chi connectivity index (χ3v) is 3.76. The van der Waals surface area contributed by atoms with Crippen LogP contribution in [0.1, 0.15) is 31.7 Å². The van der Waals surface area contributed by atoms with Crippen LogP contribution in [0, 0.1) is 0 Å². The van der Waals surface area contributed by atoms with Crippen molar-refractivity contribution in [2.75, 3.05) is 26.2 Å². The van der Waals surface area contributed by atoms with Crippen LogP contribution in [0.3, 0.4) is 0 Å². The van der Waals surface area contributed by atoms with E-state index >= 15 is 0 Å². The molecule has 23 heavy (non-hydrogen) atoms. The lowest BCUT2D eigenvalue weighted by atomic mass is 10.1. The van der Waals surface area contributed by atoms with E-state index in [2.05, 4.69) is 10.1 Å². The molecule has 0 aromatic heterocycles. The maximum absolute atomic E-state index is 11.3. The van der Waals surface area contributed by atoms with Crippen molar-refractivity contribution in [1.82, 2.24) is 4.90 Å². The maximum atomic E-state index is 11.3. The number of carbonyl (C=O) groups is 1. The smallest absolute Gasteiger partial charge is 0.303 e. The molecular weight excluding hydrogens is 296 g/mol. The van der Waals surface area contributed by atoms with Crippen LogP contribution >= 0.6 is 0 Å². The highest BCUT2D eigenvalue weighted by molar-refractivity contribution is 5.93. The molecule has 0 spiro atoms. The summed E-state index contributed by atoms with van der Waals surface area (Å²) in [5, 5.41) is 12.3. The van der Waals surface area contributed by atoms with Crippen LogP contribution in [0.4, 0.5) is 0 Å². The van der Waals surface area contributed by atoms with Crippen LogP contribution in [-0.4, -0.2) is 54.3 Å². The fourth-order valence-electron chi connectivity index (χ4n) is 2.71. The molecule has 1 N–H and O–H groups in total.